The molecular formula is C15H16N4O3. The molecule has 22 heavy (non-hydrogen) atoms. The van der Waals surface area contributed by atoms with Crippen LogP contribution < -0.4 is 15.4 Å². The maximum atomic E-state index is 12.5. The van der Waals surface area contributed by atoms with Crippen molar-refractivity contribution in [1.82, 2.24) is 9.78 Å². The van der Waals surface area contributed by atoms with Crippen LogP contribution in [0.3, 0.4) is 0 Å². The van der Waals surface area contributed by atoms with Gasteiger partial charge in [-0.25, -0.2) is 4.68 Å². The summed E-state index contributed by atoms with van der Waals surface area (Å²) in [7, 11) is 1.54. The van der Waals surface area contributed by atoms with Gasteiger partial charge in [-0.2, -0.15) is 5.10 Å². The quantitative estimate of drug-likeness (QED) is 0.904. The number of carbonyl (C=O) groups is 2. The fraction of sp³-hybridized carbons (Fsp3) is 0.267. The van der Waals surface area contributed by atoms with E-state index in [0.29, 0.717) is 17.3 Å². The third-order valence-corrected chi connectivity index (χ3v) is 3.47. The van der Waals surface area contributed by atoms with Crippen LogP contribution in [0.5, 0.6) is 5.75 Å². The van der Waals surface area contributed by atoms with Crippen LogP contribution in [-0.4, -0.2) is 28.7 Å². The Morgan fingerprint density at radius 3 is 3.00 bits per heavy atom. The minimum Gasteiger partial charge on any atom is -0.495 e. The summed E-state index contributed by atoms with van der Waals surface area (Å²) in [5.41, 5.74) is 1.30. The number of benzene rings is 1. The van der Waals surface area contributed by atoms with E-state index in [4.69, 9.17) is 4.74 Å². The zero-order chi connectivity index (χ0) is 15.7. The lowest BCUT2D eigenvalue weighted by Gasteiger charge is -2.24. The van der Waals surface area contributed by atoms with Crippen molar-refractivity contribution < 1.29 is 14.3 Å². The number of aryl methyl sites for hydroxylation is 1. The highest BCUT2D eigenvalue weighted by Gasteiger charge is 2.31. The fourth-order valence-corrected chi connectivity index (χ4v) is 2.47. The number of para-hydroxylation sites is 2. The number of methoxy groups -OCH3 is 1. The van der Waals surface area contributed by atoms with Gasteiger partial charge in [-0.05, 0) is 19.1 Å². The van der Waals surface area contributed by atoms with Gasteiger partial charge < -0.3 is 15.4 Å². The number of hydrogen-bond acceptors (Lipinski definition) is 4. The molecule has 0 saturated heterocycles. The van der Waals surface area contributed by atoms with E-state index in [1.54, 1.807) is 28.9 Å². The predicted octanol–water partition coefficient (Wildman–Crippen LogP) is 1.72. The Morgan fingerprint density at radius 2 is 2.23 bits per heavy atom. The van der Waals surface area contributed by atoms with E-state index < -0.39 is 6.04 Å². The lowest BCUT2D eigenvalue weighted by molar-refractivity contribution is -0.125. The highest BCUT2D eigenvalue weighted by atomic mass is 16.5. The Balaban J connectivity index is 1.88. The van der Waals surface area contributed by atoms with Gasteiger partial charge in [-0.3, -0.25) is 9.59 Å². The molecule has 2 aromatic rings. The summed E-state index contributed by atoms with van der Waals surface area (Å²) >= 11 is 0. The number of carbonyl (C=O) groups excluding carboxylic acids is 2. The number of rotatable bonds is 3. The molecule has 1 aliphatic heterocycles. The van der Waals surface area contributed by atoms with Gasteiger partial charge in [0.05, 0.1) is 24.9 Å². The zero-order valence-corrected chi connectivity index (χ0v) is 12.3. The predicted molar refractivity (Wildman–Crippen MR) is 80.9 cm³/mol. The first-order valence-corrected chi connectivity index (χ1v) is 6.88. The van der Waals surface area contributed by atoms with Gasteiger partial charge >= 0.3 is 0 Å². The zero-order valence-electron chi connectivity index (χ0n) is 12.3. The molecule has 0 bridgehead atoms. The SMILES string of the molecule is COc1ccccc1NC(=O)[C@H]1CC(=O)Nc2cc(C)nn21. The molecule has 0 unspecified atom stereocenters. The van der Waals surface area contributed by atoms with Crippen molar-refractivity contribution in [3.63, 3.8) is 0 Å². The molecule has 0 spiro atoms. The van der Waals surface area contributed by atoms with E-state index in [1.807, 2.05) is 13.0 Å². The first-order chi connectivity index (χ1) is 10.6. The van der Waals surface area contributed by atoms with Gasteiger partial charge in [-0.15, -0.1) is 0 Å². The second-order valence-corrected chi connectivity index (χ2v) is 5.07. The van der Waals surface area contributed by atoms with Crippen LogP contribution in [0.25, 0.3) is 0 Å². The number of amides is 2. The van der Waals surface area contributed by atoms with Crippen LogP contribution >= 0.6 is 0 Å². The molecule has 0 aliphatic carbocycles. The second-order valence-electron chi connectivity index (χ2n) is 5.07. The summed E-state index contributed by atoms with van der Waals surface area (Å²) in [4.78, 5) is 24.3. The number of anilines is 2. The monoisotopic (exact) mass is 300 g/mol. The smallest absolute Gasteiger partial charge is 0.249 e. The minimum absolute atomic E-state index is 0.0507. The Hall–Kier alpha value is -2.83. The van der Waals surface area contributed by atoms with E-state index in [1.165, 1.54) is 7.11 Å². The average Bonchev–Trinajstić information content (AvgIpc) is 2.86. The molecule has 114 valence electrons. The molecule has 7 heteroatoms. The minimum atomic E-state index is -0.678. The molecule has 1 atom stereocenters. The Labute approximate surface area is 127 Å². The molecule has 2 heterocycles. The summed E-state index contributed by atoms with van der Waals surface area (Å²) in [6, 6.07) is 8.18. The standard InChI is InChI=1S/C15H16N4O3/c1-9-7-13-17-14(20)8-11(19(13)18-9)15(21)16-10-5-3-4-6-12(10)22-2/h3-7,11H,8H2,1-2H3,(H,16,21)(H,17,20)/t11-/m1/s1. The lowest BCUT2D eigenvalue weighted by Crippen LogP contribution is -2.35. The van der Waals surface area contributed by atoms with Crippen LogP contribution in [0, 0.1) is 6.92 Å². The number of ether oxygens (including phenoxy) is 1. The molecule has 0 saturated carbocycles. The molecule has 0 radical (unpaired) electrons. The fourth-order valence-electron chi connectivity index (χ4n) is 2.47. The molecule has 2 N–H and O–H groups in total. The molecule has 1 aromatic heterocycles. The molecular weight excluding hydrogens is 284 g/mol. The lowest BCUT2D eigenvalue weighted by atomic mass is 10.1. The Morgan fingerprint density at radius 1 is 1.45 bits per heavy atom. The van der Waals surface area contributed by atoms with Gasteiger partial charge in [0.15, 0.2) is 0 Å². The molecule has 1 aliphatic rings. The maximum absolute atomic E-state index is 12.5. The van der Waals surface area contributed by atoms with Crippen molar-refractivity contribution in [2.45, 2.75) is 19.4 Å². The largest absolute Gasteiger partial charge is 0.495 e. The van der Waals surface area contributed by atoms with Gasteiger partial charge in [0.25, 0.3) is 0 Å². The second kappa shape index (κ2) is 5.51. The van der Waals surface area contributed by atoms with Crippen molar-refractivity contribution >= 4 is 23.3 Å². The van der Waals surface area contributed by atoms with E-state index in [0.717, 1.165) is 5.69 Å². The van der Waals surface area contributed by atoms with Gasteiger partial charge in [0.2, 0.25) is 11.8 Å². The van der Waals surface area contributed by atoms with Crippen molar-refractivity contribution in [3.05, 3.63) is 36.0 Å². The van der Waals surface area contributed by atoms with E-state index in [2.05, 4.69) is 15.7 Å². The highest BCUT2D eigenvalue weighted by Crippen LogP contribution is 2.28. The van der Waals surface area contributed by atoms with Crippen LogP contribution in [0.2, 0.25) is 0 Å². The summed E-state index contributed by atoms with van der Waals surface area (Å²) in [6.45, 7) is 1.81. The van der Waals surface area contributed by atoms with Crippen LogP contribution in [0.15, 0.2) is 30.3 Å². The number of aromatic nitrogens is 2. The van der Waals surface area contributed by atoms with Gasteiger partial charge in [-0.1, -0.05) is 12.1 Å². The summed E-state index contributed by atoms with van der Waals surface area (Å²) in [5, 5.41) is 9.79. The van der Waals surface area contributed by atoms with Crippen LogP contribution in [0.4, 0.5) is 11.5 Å². The van der Waals surface area contributed by atoms with Crippen molar-refractivity contribution in [3.8, 4) is 5.75 Å². The van der Waals surface area contributed by atoms with Gasteiger partial charge in [0.1, 0.15) is 17.6 Å². The van der Waals surface area contributed by atoms with Crippen LogP contribution in [-0.2, 0) is 9.59 Å². The summed E-state index contributed by atoms with van der Waals surface area (Å²) in [6.07, 6.45) is 0.0507. The average molecular weight is 300 g/mol. The highest BCUT2D eigenvalue weighted by molar-refractivity contribution is 6.01. The number of fused-ring (bicyclic) bond motifs is 1. The van der Waals surface area contributed by atoms with E-state index in [9.17, 15) is 9.59 Å². The molecule has 1 aromatic carbocycles. The number of nitrogens with one attached hydrogen (secondary N) is 2. The Bertz CT molecular complexity index is 738. The first-order valence-electron chi connectivity index (χ1n) is 6.88. The van der Waals surface area contributed by atoms with Gasteiger partial charge in [0, 0.05) is 6.07 Å². The van der Waals surface area contributed by atoms with E-state index >= 15 is 0 Å². The Kier molecular flexibility index (Phi) is 3.54. The molecule has 7 nitrogen and oxygen atoms in total. The first kappa shape index (κ1) is 14.1. The van der Waals surface area contributed by atoms with Crippen molar-refractivity contribution in [1.29, 1.82) is 0 Å². The summed E-state index contributed by atoms with van der Waals surface area (Å²) < 4.78 is 6.75. The van der Waals surface area contributed by atoms with Crippen molar-refractivity contribution in [2.75, 3.05) is 17.7 Å². The summed E-state index contributed by atoms with van der Waals surface area (Å²) in [5.74, 6) is 0.596. The topological polar surface area (TPSA) is 85.2 Å². The third kappa shape index (κ3) is 2.52. The third-order valence-electron chi connectivity index (χ3n) is 3.47. The normalized spacial score (nSPS) is 16.6. The van der Waals surface area contributed by atoms with Crippen molar-refractivity contribution in [2.24, 2.45) is 0 Å². The van der Waals surface area contributed by atoms with Crippen LogP contribution in [0.1, 0.15) is 18.2 Å². The maximum Gasteiger partial charge on any atom is 0.249 e. The number of nitrogens with zero attached hydrogens (tertiary/aromatic N) is 2. The molecule has 0 fully saturated rings. The van der Waals surface area contributed by atoms with E-state index in [-0.39, 0.29) is 18.2 Å². The molecule has 3 rings (SSSR count). The number of hydrogen-bond donors (Lipinski definition) is 2. The molecule has 2 amide bonds.